The van der Waals surface area contributed by atoms with Gasteiger partial charge in [0.15, 0.2) is 12.6 Å². The molecule has 2 aliphatic heterocycles. The highest BCUT2D eigenvalue weighted by molar-refractivity contribution is 5.88. The van der Waals surface area contributed by atoms with Gasteiger partial charge in [0.2, 0.25) is 5.91 Å². The number of hydrogen-bond acceptors (Lipinski definition) is 10. The van der Waals surface area contributed by atoms with Crippen molar-refractivity contribution < 1.29 is 49.3 Å². The second-order valence-electron chi connectivity index (χ2n) is 7.56. The molecule has 11 heteroatoms. The number of nitrogens with one attached hydrogen (secondary N) is 1. The lowest BCUT2D eigenvalue weighted by Crippen LogP contribution is -2.60. The van der Waals surface area contributed by atoms with E-state index in [9.17, 15) is 30.3 Å². The molecule has 6 N–H and O–H groups in total. The summed E-state index contributed by atoms with van der Waals surface area (Å²) in [6.45, 7) is 0.466. The fourth-order valence-electron chi connectivity index (χ4n) is 3.56. The van der Waals surface area contributed by atoms with Gasteiger partial charge in [-0.1, -0.05) is 0 Å². The van der Waals surface area contributed by atoms with E-state index in [0.29, 0.717) is 24.3 Å². The van der Waals surface area contributed by atoms with Crippen molar-refractivity contribution in [2.24, 2.45) is 0 Å². The number of aliphatic hydroxyl groups excluding tert-OH is 5. The Hall–Kier alpha value is -1.83. The van der Waals surface area contributed by atoms with Gasteiger partial charge in [0, 0.05) is 19.0 Å². The Kier molecular flexibility index (Phi) is 8.19. The van der Waals surface area contributed by atoms with Crippen LogP contribution < -0.4 is 10.1 Å². The van der Waals surface area contributed by atoms with Gasteiger partial charge in [0.25, 0.3) is 0 Å². The smallest absolute Gasteiger partial charge is 0.221 e. The first-order valence-electron chi connectivity index (χ1n) is 10.1. The second-order valence-corrected chi connectivity index (χ2v) is 7.56. The van der Waals surface area contributed by atoms with Crippen molar-refractivity contribution in [1.29, 1.82) is 0 Å². The van der Waals surface area contributed by atoms with E-state index in [-0.39, 0.29) is 12.5 Å². The molecule has 0 aliphatic carbocycles. The molecule has 11 nitrogen and oxygen atoms in total. The van der Waals surface area contributed by atoms with Crippen molar-refractivity contribution in [3.8, 4) is 5.75 Å². The Balaban J connectivity index is 1.56. The number of rotatable bonds is 7. The first-order valence-corrected chi connectivity index (χ1v) is 10.1. The number of amides is 1. The van der Waals surface area contributed by atoms with Crippen LogP contribution in [0.5, 0.6) is 5.75 Å². The number of aliphatic hydroxyl groups is 5. The SMILES string of the molecule is CC(=O)Nc1ccc(O[C@@H]2CC[C@H](O[C@H]3OC(CO)[C@@H](O)C(O)[C@H]3O)C(CO)O2)cc1. The largest absolute Gasteiger partial charge is 0.465 e. The molecule has 2 heterocycles. The highest BCUT2D eigenvalue weighted by atomic mass is 16.7. The molecule has 1 aromatic carbocycles. The van der Waals surface area contributed by atoms with Crippen molar-refractivity contribution in [2.75, 3.05) is 18.5 Å². The molecular weight excluding hydrogens is 414 g/mol. The van der Waals surface area contributed by atoms with E-state index in [1.807, 2.05) is 0 Å². The zero-order valence-electron chi connectivity index (χ0n) is 17.0. The minimum absolute atomic E-state index is 0.180. The highest BCUT2D eigenvalue weighted by Crippen LogP contribution is 2.29. The van der Waals surface area contributed by atoms with Crippen LogP contribution in [0.4, 0.5) is 5.69 Å². The summed E-state index contributed by atoms with van der Waals surface area (Å²) in [6.07, 6.45) is -8.27. The van der Waals surface area contributed by atoms with Crippen LogP contribution in [-0.4, -0.2) is 93.9 Å². The summed E-state index contributed by atoms with van der Waals surface area (Å²) in [6, 6.07) is 6.74. The van der Waals surface area contributed by atoms with Gasteiger partial charge in [0.1, 0.15) is 36.3 Å². The number of carbonyl (C=O) groups is 1. The fourth-order valence-corrected chi connectivity index (χ4v) is 3.56. The molecule has 174 valence electrons. The summed E-state index contributed by atoms with van der Waals surface area (Å²) >= 11 is 0. The van der Waals surface area contributed by atoms with Gasteiger partial charge in [-0.25, -0.2) is 0 Å². The molecule has 1 aromatic rings. The van der Waals surface area contributed by atoms with E-state index < -0.39 is 55.8 Å². The van der Waals surface area contributed by atoms with Crippen LogP contribution in [0.15, 0.2) is 24.3 Å². The number of hydrogen-bond donors (Lipinski definition) is 6. The predicted molar refractivity (Wildman–Crippen MR) is 105 cm³/mol. The Bertz CT molecular complexity index is 714. The van der Waals surface area contributed by atoms with E-state index in [4.69, 9.17) is 18.9 Å². The zero-order chi connectivity index (χ0) is 22.5. The van der Waals surface area contributed by atoms with Gasteiger partial charge < -0.3 is 49.8 Å². The molecule has 2 saturated heterocycles. The Morgan fingerprint density at radius 1 is 1.00 bits per heavy atom. The van der Waals surface area contributed by atoms with E-state index in [1.165, 1.54) is 6.92 Å². The van der Waals surface area contributed by atoms with E-state index in [0.717, 1.165) is 0 Å². The summed E-state index contributed by atoms with van der Waals surface area (Å²) in [4.78, 5) is 11.1. The molecule has 31 heavy (non-hydrogen) atoms. The first kappa shape index (κ1) is 23.8. The molecule has 0 radical (unpaired) electrons. The minimum Gasteiger partial charge on any atom is -0.465 e. The maximum absolute atomic E-state index is 11.1. The van der Waals surface area contributed by atoms with Crippen molar-refractivity contribution >= 4 is 11.6 Å². The van der Waals surface area contributed by atoms with E-state index in [1.54, 1.807) is 24.3 Å². The van der Waals surface area contributed by atoms with Crippen molar-refractivity contribution in [3.63, 3.8) is 0 Å². The lowest BCUT2D eigenvalue weighted by molar-refractivity contribution is -0.329. The summed E-state index contributed by atoms with van der Waals surface area (Å²) in [5.74, 6) is 0.338. The van der Waals surface area contributed by atoms with Gasteiger partial charge in [-0.2, -0.15) is 0 Å². The van der Waals surface area contributed by atoms with Crippen LogP contribution in [0.3, 0.4) is 0 Å². The van der Waals surface area contributed by atoms with Crippen molar-refractivity contribution in [3.05, 3.63) is 24.3 Å². The third-order valence-electron chi connectivity index (χ3n) is 5.21. The molecule has 2 fully saturated rings. The number of carbonyl (C=O) groups excluding carboxylic acids is 1. The fraction of sp³-hybridized carbons (Fsp3) is 0.650. The summed E-state index contributed by atoms with van der Waals surface area (Å²) in [5, 5.41) is 51.6. The monoisotopic (exact) mass is 443 g/mol. The molecule has 0 saturated carbocycles. The quantitative estimate of drug-likeness (QED) is 0.298. The average molecular weight is 443 g/mol. The zero-order valence-corrected chi connectivity index (χ0v) is 17.0. The third kappa shape index (κ3) is 5.90. The first-order chi connectivity index (χ1) is 14.8. The standard InChI is InChI=1S/C20H29NO10/c1-10(24)21-11-2-4-12(5-3-11)28-16-7-6-13(14(8-22)29-16)30-20-19(27)18(26)17(25)15(9-23)31-20/h2-5,13-20,22-23,25-27H,6-9H2,1H3,(H,21,24)/t13-,14?,15?,16-,17+,18?,19+,20-/m0/s1. The van der Waals surface area contributed by atoms with Gasteiger partial charge >= 0.3 is 0 Å². The van der Waals surface area contributed by atoms with Gasteiger partial charge in [0.05, 0.1) is 19.3 Å². The maximum Gasteiger partial charge on any atom is 0.221 e. The van der Waals surface area contributed by atoms with Crippen LogP contribution in [0, 0.1) is 0 Å². The lowest BCUT2D eigenvalue weighted by Gasteiger charge is -2.43. The maximum atomic E-state index is 11.1. The highest BCUT2D eigenvalue weighted by Gasteiger charge is 2.46. The molecule has 3 rings (SSSR count). The number of ether oxygens (including phenoxy) is 4. The second kappa shape index (κ2) is 10.7. The van der Waals surface area contributed by atoms with Crippen molar-refractivity contribution in [1.82, 2.24) is 0 Å². The third-order valence-corrected chi connectivity index (χ3v) is 5.21. The van der Waals surface area contributed by atoms with Gasteiger partial charge in [-0.05, 0) is 30.7 Å². The minimum atomic E-state index is -1.55. The number of anilines is 1. The Morgan fingerprint density at radius 2 is 1.68 bits per heavy atom. The van der Waals surface area contributed by atoms with Crippen LogP contribution in [-0.2, 0) is 19.0 Å². The topological polar surface area (TPSA) is 167 Å². The summed E-state index contributed by atoms with van der Waals surface area (Å²) in [7, 11) is 0. The molecule has 1 amide bonds. The van der Waals surface area contributed by atoms with E-state index in [2.05, 4.69) is 5.32 Å². The van der Waals surface area contributed by atoms with Crippen LogP contribution >= 0.6 is 0 Å². The molecular formula is C20H29NO10. The Morgan fingerprint density at radius 3 is 2.29 bits per heavy atom. The summed E-state index contributed by atoms with van der Waals surface area (Å²) < 4.78 is 22.6. The molecule has 0 spiro atoms. The summed E-state index contributed by atoms with van der Waals surface area (Å²) in [5.41, 5.74) is 0.630. The predicted octanol–water partition coefficient (Wildman–Crippen LogP) is -1.29. The normalized spacial score (nSPS) is 36.1. The molecule has 3 unspecified atom stereocenters. The Labute approximate surface area is 179 Å². The average Bonchev–Trinajstić information content (AvgIpc) is 2.76. The number of benzene rings is 1. The van der Waals surface area contributed by atoms with Crippen LogP contribution in [0.25, 0.3) is 0 Å². The lowest BCUT2D eigenvalue weighted by atomic mass is 9.99. The van der Waals surface area contributed by atoms with Crippen LogP contribution in [0.1, 0.15) is 19.8 Å². The van der Waals surface area contributed by atoms with E-state index >= 15 is 0 Å². The van der Waals surface area contributed by atoms with Gasteiger partial charge in [-0.15, -0.1) is 0 Å². The molecule has 8 atom stereocenters. The molecule has 0 bridgehead atoms. The van der Waals surface area contributed by atoms with Crippen LogP contribution in [0.2, 0.25) is 0 Å². The molecule has 0 aromatic heterocycles. The molecule has 2 aliphatic rings. The van der Waals surface area contributed by atoms with Crippen molar-refractivity contribution in [2.45, 2.75) is 69.0 Å². The van der Waals surface area contributed by atoms with Gasteiger partial charge in [-0.3, -0.25) is 4.79 Å².